The first-order valence-corrected chi connectivity index (χ1v) is 8.98. The molecule has 3 heteroatoms. The molecule has 0 bridgehead atoms. The Morgan fingerprint density at radius 1 is 1.07 bits per heavy atom. The fourth-order valence-corrected chi connectivity index (χ4v) is 3.32. The van der Waals surface area contributed by atoms with Gasteiger partial charge in [-0.05, 0) is 16.6 Å². The summed E-state index contributed by atoms with van der Waals surface area (Å²) in [6.07, 6.45) is 0. The highest BCUT2D eigenvalue weighted by Crippen LogP contribution is 2.43. The summed E-state index contributed by atoms with van der Waals surface area (Å²) in [6, 6.07) is 11.0. The Hall–Kier alpha value is 0.0169. The van der Waals surface area contributed by atoms with Crippen molar-refractivity contribution in [2.45, 2.75) is 31.9 Å². The van der Waals surface area contributed by atoms with Crippen LogP contribution in [0.5, 0.6) is 0 Å². The van der Waals surface area contributed by atoms with Crippen LogP contribution in [0.25, 0.3) is 0 Å². The smallest absolute Gasteiger partial charge is 0.145 e. The first-order valence-electron chi connectivity index (χ1n) is 4.75. The van der Waals surface area contributed by atoms with Crippen LogP contribution in [-0.4, -0.2) is 6.69 Å². The molecule has 0 aliphatic rings. The highest BCUT2D eigenvalue weighted by molar-refractivity contribution is 7.46. The van der Waals surface area contributed by atoms with E-state index in [1.807, 2.05) is 18.2 Å². The Bertz CT molecular complexity index is 288. The fraction of sp³-hybridized carbons (Fsp3) is 0.455. The summed E-state index contributed by atoms with van der Waals surface area (Å²) in [4.78, 5) is 0. The Balaban J connectivity index is 2.79. The Kier molecular flexibility index (Phi) is 3.67. The molecule has 0 aromatic heterocycles. The molecular weight excluding hydrogens is 231 g/mol. The molecule has 0 aliphatic carbocycles. The van der Waals surface area contributed by atoms with E-state index < -0.39 is 6.69 Å². The molecule has 0 radical (unpaired) electrons. The molecule has 0 atom stereocenters. The average molecular weight is 247 g/mol. The lowest BCUT2D eigenvalue weighted by atomic mass is 10.2. The topological polar surface area (TPSA) is 0 Å². The Labute approximate surface area is 96.7 Å². The third-order valence-corrected chi connectivity index (χ3v) is 9.62. The van der Waals surface area contributed by atoms with E-state index in [4.69, 9.17) is 22.2 Å². The van der Waals surface area contributed by atoms with E-state index in [2.05, 4.69) is 32.9 Å². The van der Waals surface area contributed by atoms with Crippen LogP contribution >= 0.6 is 22.2 Å². The van der Waals surface area contributed by atoms with Gasteiger partial charge in [0, 0.05) is 0 Å². The van der Waals surface area contributed by atoms with Crippen molar-refractivity contribution >= 4 is 28.9 Å². The Morgan fingerprint density at radius 2 is 1.57 bits per heavy atom. The second-order valence-corrected chi connectivity index (χ2v) is 12.3. The van der Waals surface area contributed by atoms with Crippen molar-refractivity contribution in [2.24, 2.45) is 0 Å². The van der Waals surface area contributed by atoms with Gasteiger partial charge >= 0.3 is 0 Å². The minimum atomic E-state index is -2.20. The van der Waals surface area contributed by atoms with Gasteiger partial charge in [-0.15, -0.1) is 22.2 Å². The number of benzene rings is 1. The zero-order chi connectivity index (χ0) is 10.8. The Morgan fingerprint density at radius 3 is 2.00 bits per heavy atom. The zero-order valence-electron chi connectivity index (χ0n) is 8.85. The predicted octanol–water partition coefficient (Wildman–Crippen LogP) is 4.49. The number of rotatable bonds is 2. The molecule has 0 N–H and O–H groups in total. The van der Waals surface area contributed by atoms with Crippen molar-refractivity contribution in [1.82, 2.24) is 0 Å². The van der Waals surface area contributed by atoms with E-state index in [1.165, 1.54) is 5.56 Å². The summed E-state index contributed by atoms with van der Waals surface area (Å²) in [6.45, 7) is 4.14. The molecule has 0 nitrogen and oxygen atoms in total. The van der Waals surface area contributed by atoms with E-state index in [-0.39, 0.29) is 5.04 Å². The molecule has 0 fully saturated rings. The highest BCUT2D eigenvalue weighted by Gasteiger charge is 2.41. The van der Waals surface area contributed by atoms with Crippen LogP contribution in [0.1, 0.15) is 26.3 Å². The van der Waals surface area contributed by atoms with Crippen LogP contribution in [0.2, 0.25) is 5.04 Å². The van der Waals surface area contributed by atoms with E-state index in [9.17, 15) is 0 Å². The molecule has 0 saturated heterocycles. The maximum atomic E-state index is 6.45. The molecule has 0 amide bonds. The van der Waals surface area contributed by atoms with Crippen LogP contribution < -0.4 is 0 Å². The van der Waals surface area contributed by atoms with Crippen molar-refractivity contribution in [3.05, 3.63) is 35.9 Å². The van der Waals surface area contributed by atoms with Gasteiger partial charge in [0.1, 0.15) is 0 Å². The molecule has 0 unspecified atom stereocenters. The van der Waals surface area contributed by atoms with Crippen LogP contribution in [0, 0.1) is 0 Å². The second-order valence-electron chi connectivity index (χ2n) is 4.62. The molecule has 0 aliphatic heterocycles. The summed E-state index contributed by atoms with van der Waals surface area (Å²) >= 11 is 12.9. The van der Waals surface area contributed by atoms with Gasteiger partial charge in [0.05, 0.1) is 0 Å². The highest BCUT2D eigenvalue weighted by atomic mass is 35.7. The van der Waals surface area contributed by atoms with E-state index in [1.54, 1.807) is 0 Å². The van der Waals surface area contributed by atoms with Gasteiger partial charge < -0.3 is 0 Å². The summed E-state index contributed by atoms with van der Waals surface area (Å²) < 4.78 is 0. The maximum absolute atomic E-state index is 6.45. The van der Waals surface area contributed by atoms with Crippen LogP contribution in [-0.2, 0) is 6.04 Å². The van der Waals surface area contributed by atoms with Crippen molar-refractivity contribution in [1.29, 1.82) is 0 Å². The zero-order valence-corrected chi connectivity index (χ0v) is 11.4. The minimum Gasteiger partial charge on any atom is -0.145 e. The van der Waals surface area contributed by atoms with Crippen molar-refractivity contribution in [3.8, 4) is 0 Å². The van der Waals surface area contributed by atoms with Gasteiger partial charge in [-0.3, -0.25) is 0 Å². The fourth-order valence-electron chi connectivity index (χ4n) is 1.12. The molecule has 14 heavy (non-hydrogen) atoms. The lowest BCUT2D eigenvalue weighted by molar-refractivity contribution is 0.737. The van der Waals surface area contributed by atoms with E-state index in [0.29, 0.717) is 0 Å². The van der Waals surface area contributed by atoms with Gasteiger partial charge in [-0.1, -0.05) is 51.1 Å². The molecule has 0 spiro atoms. The SMILES string of the molecule is CC(C)(C)[Si](Cl)(Cl)Cc1ccccc1. The van der Waals surface area contributed by atoms with Crippen molar-refractivity contribution < 1.29 is 0 Å². The van der Waals surface area contributed by atoms with E-state index in [0.717, 1.165) is 6.04 Å². The van der Waals surface area contributed by atoms with Crippen LogP contribution in [0.15, 0.2) is 30.3 Å². The first kappa shape index (κ1) is 12.1. The maximum Gasteiger partial charge on any atom is 0.260 e. The van der Waals surface area contributed by atoms with E-state index >= 15 is 0 Å². The second kappa shape index (κ2) is 4.26. The first-order chi connectivity index (χ1) is 6.33. The molecule has 1 aromatic carbocycles. The summed E-state index contributed by atoms with van der Waals surface area (Å²) in [5, 5.41) is 0.0198. The predicted molar refractivity (Wildman–Crippen MR) is 67.3 cm³/mol. The van der Waals surface area contributed by atoms with Gasteiger partial charge in [0.25, 0.3) is 6.69 Å². The molecular formula is C11H16Cl2Si. The average Bonchev–Trinajstić information content (AvgIpc) is 2.03. The normalized spacial score (nSPS) is 12.9. The van der Waals surface area contributed by atoms with Crippen molar-refractivity contribution in [3.63, 3.8) is 0 Å². The third kappa shape index (κ3) is 3.01. The number of halogens is 2. The molecule has 1 rings (SSSR count). The van der Waals surface area contributed by atoms with Gasteiger partial charge in [-0.25, -0.2) is 0 Å². The molecule has 0 heterocycles. The van der Waals surface area contributed by atoms with Gasteiger partial charge in [0.2, 0.25) is 0 Å². The van der Waals surface area contributed by atoms with Crippen molar-refractivity contribution in [2.75, 3.05) is 0 Å². The molecule has 78 valence electrons. The standard InChI is InChI=1S/C11H16Cl2Si/c1-11(2,3)14(12,13)9-10-7-5-4-6-8-10/h4-8H,9H2,1-3H3. The van der Waals surface area contributed by atoms with Gasteiger partial charge in [0.15, 0.2) is 0 Å². The lowest BCUT2D eigenvalue weighted by Crippen LogP contribution is -2.34. The quantitative estimate of drug-likeness (QED) is 0.533. The summed E-state index contributed by atoms with van der Waals surface area (Å²) in [7, 11) is 0. The lowest BCUT2D eigenvalue weighted by Gasteiger charge is -2.31. The third-order valence-electron chi connectivity index (χ3n) is 2.37. The monoisotopic (exact) mass is 246 g/mol. The number of hydrogen-bond acceptors (Lipinski definition) is 0. The van der Waals surface area contributed by atoms with Crippen LogP contribution in [0.4, 0.5) is 0 Å². The minimum absolute atomic E-state index is 0.0198. The largest absolute Gasteiger partial charge is 0.260 e. The van der Waals surface area contributed by atoms with Gasteiger partial charge in [-0.2, -0.15) is 0 Å². The molecule has 1 aromatic rings. The summed E-state index contributed by atoms with van der Waals surface area (Å²) in [5.41, 5.74) is 1.24. The number of hydrogen-bond donors (Lipinski definition) is 0. The molecule has 0 saturated carbocycles. The van der Waals surface area contributed by atoms with Crippen LogP contribution in [0.3, 0.4) is 0 Å². The summed E-state index contributed by atoms with van der Waals surface area (Å²) in [5.74, 6) is 0.